The minimum absolute atomic E-state index is 0.0368. The summed E-state index contributed by atoms with van der Waals surface area (Å²) in [7, 11) is 0. The second kappa shape index (κ2) is 7.73. The molecule has 7 heteroatoms. The zero-order valence-electron chi connectivity index (χ0n) is 15.7. The molecule has 1 amide bonds. The number of hydrogen-bond acceptors (Lipinski definition) is 5. The van der Waals surface area contributed by atoms with Crippen LogP contribution in [0.3, 0.4) is 0 Å². The monoisotopic (exact) mass is 405 g/mol. The highest BCUT2D eigenvalue weighted by Crippen LogP contribution is 2.46. The molecule has 0 saturated heterocycles. The smallest absolute Gasteiger partial charge is 0.341 e. The van der Waals surface area contributed by atoms with Crippen LogP contribution >= 0.6 is 22.7 Å². The number of ether oxygens (including phenoxy) is 1. The van der Waals surface area contributed by atoms with Crippen LogP contribution in [0.25, 0.3) is 0 Å². The number of carbonyl (C=O) groups excluding carboxylic acids is 2. The van der Waals surface area contributed by atoms with Gasteiger partial charge in [-0.2, -0.15) is 0 Å². The van der Waals surface area contributed by atoms with Crippen molar-refractivity contribution in [1.29, 1.82) is 0 Å². The predicted molar refractivity (Wildman–Crippen MR) is 108 cm³/mol. The molecule has 0 spiro atoms. The lowest BCUT2D eigenvalue weighted by Crippen LogP contribution is -3.14. The summed E-state index contributed by atoms with van der Waals surface area (Å²) in [4.78, 5) is 27.9. The van der Waals surface area contributed by atoms with Gasteiger partial charge in [0.2, 0.25) is 0 Å². The van der Waals surface area contributed by atoms with Gasteiger partial charge in [-0.25, -0.2) is 4.79 Å². The predicted octanol–water partition coefficient (Wildman–Crippen LogP) is 3.00. The zero-order valence-corrected chi connectivity index (χ0v) is 17.3. The van der Waals surface area contributed by atoms with Crippen molar-refractivity contribution < 1.29 is 19.2 Å². The van der Waals surface area contributed by atoms with Crippen molar-refractivity contribution in [2.75, 3.05) is 25.0 Å². The maximum absolute atomic E-state index is 12.7. The highest BCUT2D eigenvalue weighted by Gasteiger charge is 2.33. The molecule has 4 rings (SSSR count). The van der Waals surface area contributed by atoms with Crippen molar-refractivity contribution in [2.45, 2.75) is 45.1 Å². The Labute approximate surface area is 167 Å². The van der Waals surface area contributed by atoms with Gasteiger partial charge in [0.05, 0.1) is 18.7 Å². The first kappa shape index (κ1) is 18.7. The first-order valence-electron chi connectivity index (χ1n) is 9.57. The topological polar surface area (TPSA) is 59.8 Å². The average molecular weight is 406 g/mol. The maximum atomic E-state index is 12.7. The van der Waals surface area contributed by atoms with Gasteiger partial charge in [0.1, 0.15) is 11.0 Å². The van der Waals surface area contributed by atoms with Gasteiger partial charge in [0.25, 0.3) is 5.91 Å². The van der Waals surface area contributed by atoms with E-state index < -0.39 is 0 Å². The Bertz CT molecular complexity index is 853. The van der Waals surface area contributed by atoms with E-state index in [2.05, 4.69) is 23.7 Å². The summed E-state index contributed by atoms with van der Waals surface area (Å²) < 4.78 is 5.24. The molecule has 2 aromatic rings. The molecule has 144 valence electrons. The Morgan fingerprint density at radius 1 is 1.30 bits per heavy atom. The third kappa shape index (κ3) is 3.81. The van der Waals surface area contributed by atoms with Crippen LogP contribution in [0.1, 0.15) is 65.0 Å². The summed E-state index contributed by atoms with van der Waals surface area (Å²) in [6.07, 6.45) is 3.24. The van der Waals surface area contributed by atoms with Gasteiger partial charge < -0.3 is 15.0 Å². The van der Waals surface area contributed by atoms with Crippen LogP contribution in [0, 0.1) is 0 Å². The Morgan fingerprint density at radius 3 is 2.85 bits per heavy atom. The van der Waals surface area contributed by atoms with E-state index in [1.807, 2.05) is 16.7 Å². The van der Waals surface area contributed by atoms with Gasteiger partial charge >= 0.3 is 5.97 Å². The minimum atomic E-state index is -0.322. The van der Waals surface area contributed by atoms with Crippen molar-refractivity contribution in [2.24, 2.45) is 0 Å². The van der Waals surface area contributed by atoms with Gasteiger partial charge in [-0.15, -0.1) is 22.7 Å². The Balaban J connectivity index is 1.46. The standard InChI is InChI=1S/C20H24N2O3S2/c1-3-25-20(24)18-15(13-4-5-13)11-27-19(18)21-17(23)10-22-8-6-16-14(12(22)2)7-9-26-16/h7,9,11-13H,3-6,8,10H2,1-2H3,(H,21,23)/p+1/t12-/m1/s1. The Morgan fingerprint density at radius 2 is 2.11 bits per heavy atom. The van der Waals surface area contributed by atoms with Crippen LogP contribution in [-0.2, 0) is 16.0 Å². The van der Waals surface area contributed by atoms with Gasteiger partial charge in [0.15, 0.2) is 6.54 Å². The molecule has 2 N–H and O–H groups in total. The third-order valence-corrected chi connectivity index (χ3v) is 7.40. The molecule has 2 atom stereocenters. The van der Waals surface area contributed by atoms with Crippen molar-refractivity contribution in [1.82, 2.24) is 0 Å². The van der Waals surface area contributed by atoms with E-state index in [0.29, 0.717) is 35.7 Å². The molecular weight excluding hydrogens is 380 g/mol. The largest absolute Gasteiger partial charge is 0.462 e. The van der Waals surface area contributed by atoms with Crippen LogP contribution in [0.2, 0.25) is 0 Å². The second-order valence-electron chi connectivity index (χ2n) is 7.29. The van der Waals surface area contributed by atoms with Crippen molar-refractivity contribution in [3.8, 4) is 0 Å². The number of esters is 1. The summed E-state index contributed by atoms with van der Waals surface area (Å²) in [6, 6.07) is 2.50. The molecule has 3 heterocycles. The molecule has 0 radical (unpaired) electrons. The van der Waals surface area contributed by atoms with Crippen molar-refractivity contribution in [3.05, 3.63) is 38.4 Å². The SMILES string of the molecule is CCOC(=O)c1c(C2CC2)csc1NC(=O)C[NH+]1CCc2sccc2[C@H]1C. The maximum Gasteiger partial charge on any atom is 0.341 e. The van der Waals surface area contributed by atoms with E-state index >= 15 is 0 Å². The van der Waals surface area contributed by atoms with E-state index in [4.69, 9.17) is 4.74 Å². The molecule has 0 aromatic carbocycles. The Hall–Kier alpha value is -1.70. The number of fused-ring (bicyclic) bond motifs is 1. The first-order valence-corrected chi connectivity index (χ1v) is 11.3. The summed E-state index contributed by atoms with van der Waals surface area (Å²) in [5.41, 5.74) is 2.98. The van der Waals surface area contributed by atoms with Gasteiger partial charge in [-0.1, -0.05) is 0 Å². The normalized spacial score (nSPS) is 21.6. The molecule has 1 fully saturated rings. The molecule has 0 bridgehead atoms. The van der Waals surface area contributed by atoms with Gasteiger partial charge in [0, 0.05) is 16.9 Å². The van der Waals surface area contributed by atoms with E-state index in [-0.39, 0.29) is 11.9 Å². The zero-order chi connectivity index (χ0) is 19.0. The second-order valence-corrected chi connectivity index (χ2v) is 9.17. The number of amides is 1. The number of rotatable bonds is 6. The first-order chi connectivity index (χ1) is 13.1. The van der Waals surface area contributed by atoms with Crippen LogP contribution in [0.5, 0.6) is 0 Å². The van der Waals surface area contributed by atoms with E-state index in [0.717, 1.165) is 31.4 Å². The number of anilines is 1. The highest BCUT2D eigenvalue weighted by molar-refractivity contribution is 7.15. The van der Waals surface area contributed by atoms with Crippen LogP contribution in [0.15, 0.2) is 16.8 Å². The molecule has 1 unspecified atom stereocenters. The highest BCUT2D eigenvalue weighted by atomic mass is 32.1. The fraction of sp³-hybridized carbons (Fsp3) is 0.500. The molecule has 1 aliphatic heterocycles. The van der Waals surface area contributed by atoms with E-state index in [1.54, 1.807) is 6.92 Å². The Kier molecular flexibility index (Phi) is 5.34. The number of quaternary nitrogens is 1. The minimum Gasteiger partial charge on any atom is -0.462 e. The quantitative estimate of drug-likeness (QED) is 0.727. The summed E-state index contributed by atoms with van der Waals surface area (Å²) in [5, 5.41) is 7.79. The third-order valence-electron chi connectivity index (χ3n) is 5.49. The van der Waals surface area contributed by atoms with Crippen LogP contribution in [0.4, 0.5) is 5.00 Å². The number of carbonyl (C=O) groups is 2. The molecule has 5 nitrogen and oxygen atoms in total. The molecular formula is C20H25N2O3S2+. The van der Waals surface area contributed by atoms with Gasteiger partial charge in [-0.05, 0) is 55.0 Å². The number of hydrogen-bond donors (Lipinski definition) is 2. The van der Waals surface area contributed by atoms with Crippen molar-refractivity contribution >= 4 is 39.6 Å². The lowest BCUT2D eigenvalue weighted by Gasteiger charge is -2.29. The lowest BCUT2D eigenvalue weighted by molar-refractivity contribution is -0.923. The van der Waals surface area contributed by atoms with Gasteiger partial charge in [-0.3, -0.25) is 4.79 Å². The number of nitrogens with one attached hydrogen (secondary N) is 2. The molecule has 27 heavy (non-hydrogen) atoms. The fourth-order valence-corrected chi connectivity index (χ4v) is 5.87. The summed E-state index contributed by atoms with van der Waals surface area (Å²) in [5.74, 6) is 0.0823. The van der Waals surface area contributed by atoms with Crippen molar-refractivity contribution in [3.63, 3.8) is 0 Å². The average Bonchev–Trinajstić information content (AvgIpc) is 3.22. The number of thiophene rings is 2. The van der Waals surface area contributed by atoms with Crippen LogP contribution in [-0.4, -0.2) is 31.6 Å². The summed E-state index contributed by atoms with van der Waals surface area (Å²) >= 11 is 3.25. The molecule has 1 aliphatic carbocycles. The molecule has 2 aliphatic rings. The molecule has 2 aromatic heterocycles. The molecule has 1 saturated carbocycles. The van der Waals surface area contributed by atoms with E-state index in [9.17, 15) is 9.59 Å². The fourth-order valence-electron chi connectivity index (χ4n) is 3.84. The summed E-state index contributed by atoms with van der Waals surface area (Å²) in [6.45, 7) is 5.71. The van der Waals surface area contributed by atoms with E-state index in [1.165, 1.54) is 26.7 Å². The lowest BCUT2D eigenvalue weighted by atomic mass is 10.0. The van der Waals surface area contributed by atoms with Crippen LogP contribution < -0.4 is 10.2 Å².